The van der Waals surface area contributed by atoms with Gasteiger partial charge >= 0.3 is 0 Å². The third kappa shape index (κ3) is 9.40. The highest BCUT2D eigenvalue weighted by Crippen LogP contribution is 2.43. The van der Waals surface area contributed by atoms with Crippen molar-refractivity contribution in [2.24, 2.45) is 11.3 Å². The zero-order valence-electron chi connectivity index (χ0n) is 34.3. The Morgan fingerprint density at radius 3 is 2.46 bits per heavy atom. The van der Waals surface area contributed by atoms with Crippen LogP contribution in [-0.4, -0.2) is 104 Å². The monoisotopic (exact) mass is 873 g/mol. The van der Waals surface area contributed by atoms with Gasteiger partial charge in [-0.25, -0.2) is 26.2 Å². The van der Waals surface area contributed by atoms with E-state index in [0.29, 0.717) is 36.5 Å². The van der Waals surface area contributed by atoms with Crippen molar-refractivity contribution < 1.29 is 26.9 Å². The molecule has 2 fully saturated rings. The number of halogens is 3. The smallest absolute Gasteiger partial charge is 0.293 e. The number of ether oxygens (including phenoxy) is 1. The second-order valence-corrected chi connectivity index (χ2v) is 19.3. The first-order valence-electron chi connectivity index (χ1n) is 20.6. The van der Waals surface area contributed by atoms with E-state index in [-0.39, 0.29) is 27.6 Å². The predicted molar refractivity (Wildman–Crippen MR) is 236 cm³/mol. The highest BCUT2D eigenvalue weighted by molar-refractivity contribution is 7.90. The van der Waals surface area contributed by atoms with Crippen LogP contribution in [0, 0.1) is 21.4 Å². The first kappa shape index (κ1) is 42.6. The number of nitrogens with one attached hydrogen (secondary N) is 1. The number of rotatable bonds is 15. The van der Waals surface area contributed by atoms with Gasteiger partial charge < -0.3 is 15.0 Å². The third-order valence-corrected chi connectivity index (χ3v) is 14.1. The highest BCUT2D eigenvalue weighted by atomic mass is 35.5. The van der Waals surface area contributed by atoms with Crippen LogP contribution in [0.25, 0.3) is 16.6 Å². The first-order valence-corrected chi connectivity index (χ1v) is 22.4. The number of hydrogen-bond donors (Lipinski definition) is 1. The van der Waals surface area contributed by atoms with Crippen LogP contribution in [-0.2, 0) is 10.0 Å². The molecule has 61 heavy (non-hydrogen) atoms. The molecule has 2 aromatic heterocycles. The number of fused-ring (bicyclic) bond motifs is 1. The molecule has 1 N–H and O–H groups in total. The quantitative estimate of drug-likeness (QED) is 0.0805. The van der Waals surface area contributed by atoms with Gasteiger partial charge in [-0.3, -0.25) is 19.9 Å². The van der Waals surface area contributed by atoms with Gasteiger partial charge in [0.25, 0.3) is 15.7 Å². The molecule has 8 rings (SSSR count). The fraction of sp³-hybridized carbons (Fsp3) is 0.400. The molecule has 4 heterocycles. The maximum atomic E-state index is 13.8. The number of anilines is 2. The number of nitro benzene ring substituents is 1. The molecule has 0 saturated carbocycles. The Labute approximate surface area is 360 Å². The summed E-state index contributed by atoms with van der Waals surface area (Å²) in [6.07, 6.45) is 6.16. The zero-order valence-corrected chi connectivity index (χ0v) is 35.8. The number of hydrogen-bond acceptors (Lipinski definition) is 10. The summed E-state index contributed by atoms with van der Waals surface area (Å²) in [4.78, 5) is 22.2. The summed E-state index contributed by atoms with van der Waals surface area (Å²) in [5.41, 5.74) is 5.46. The number of aromatic nitrogens is 2. The van der Waals surface area contributed by atoms with Crippen molar-refractivity contribution in [1.29, 1.82) is 0 Å². The molecule has 0 amide bonds. The van der Waals surface area contributed by atoms with E-state index in [1.807, 2.05) is 30.3 Å². The van der Waals surface area contributed by atoms with Crippen molar-refractivity contribution in [1.82, 2.24) is 18.8 Å². The number of benzene rings is 3. The van der Waals surface area contributed by atoms with Gasteiger partial charge in [0, 0.05) is 92.7 Å². The Balaban J connectivity index is 0.902. The lowest BCUT2D eigenvalue weighted by Gasteiger charge is -2.42. The van der Waals surface area contributed by atoms with E-state index >= 15 is 0 Å². The SMILES string of the molecule is CC1(C)CCC(CN2CCN(c3cccc(Oc4cnc5c(ccn5S(=O)(=O)c5ccc(NCC6CN(C(CF)CF)C6)c([N+](=O)[O-])c5)c4)c3)CC2)=C(c2ccc(Cl)cc2)C1. The Bertz CT molecular complexity index is 2530. The number of alkyl halides is 2. The maximum Gasteiger partial charge on any atom is 0.293 e. The van der Waals surface area contributed by atoms with E-state index in [2.05, 4.69) is 52.1 Å². The number of likely N-dealkylation sites (tertiary alicyclic amines) is 1. The fourth-order valence-electron chi connectivity index (χ4n) is 8.62. The molecule has 0 atom stereocenters. The van der Waals surface area contributed by atoms with E-state index in [4.69, 9.17) is 16.3 Å². The van der Waals surface area contributed by atoms with Crippen LogP contribution < -0.4 is 15.0 Å². The molecular formula is C45H50ClF2N7O5S. The van der Waals surface area contributed by atoms with Crippen LogP contribution in [0.4, 0.5) is 25.8 Å². The van der Waals surface area contributed by atoms with Gasteiger partial charge in [-0.05, 0) is 84.3 Å². The normalized spacial score (nSPS) is 17.8. The Hall–Kier alpha value is -5.09. The molecule has 0 radical (unpaired) electrons. The van der Waals surface area contributed by atoms with Crippen LogP contribution in [0.3, 0.4) is 0 Å². The summed E-state index contributed by atoms with van der Waals surface area (Å²) in [5, 5.41) is 16.3. The minimum Gasteiger partial charge on any atom is -0.456 e. The van der Waals surface area contributed by atoms with Crippen LogP contribution in [0.1, 0.15) is 38.7 Å². The van der Waals surface area contributed by atoms with E-state index in [1.165, 1.54) is 47.7 Å². The molecule has 2 saturated heterocycles. The lowest BCUT2D eigenvalue weighted by Crippen LogP contribution is -2.55. The zero-order chi connectivity index (χ0) is 42.9. The topological polar surface area (TPSA) is 126 Å². The highest BCUT2D eigenvalue weighted by Gasteiger charge is 2.33. The number of nitro groups is 1. The second-order valence-electron chi connectivity index (χ2n) is 17.1. The molecule has 0 spiro atoms. The molecule has 0 unspecified atom stereocenters. The van der Waals surface area contributed by atoms with Gasteiger partial charge in [-0.1, -0.05) is 49.2 Å². The average molecular weight is 874 g/mol. The van der Waals surface area contributed by atoms with E-state index in [1.54, 1.807) is 17.0 Å². The average Bonchev–Trinajstić information content (AvgIpc) is 3.67. The predicted octanol–water partition coefficient (Wildman–Crippen LogP) is 9.06. The van der Waals surface area contributed by atoms with Gasteiger partial charge in [0.2, 0.25) is 0 Å². The third-order valence-electron chi connectivity index (χ3n) is 12.2. The van der Waals surface area contributed by atoms with E-state index in [0.717, 1.165) is 66.3 Å². The summed E-state index contributed by atoms with van der Waals surface area (Å²) in [6.45, 7) is 8.99. The molecule has 12 nitrogen and oxygen atoms in total. The number of allylic oxidation sites excluding steroid dienone is 1. The lowest BCUT2D eigenvalue weighted by molar-refractivity contribution is -0.384. The van der Waals surface area contributed by atoms with Crippen molar-refractivity contribution in [2.45, 2.75) is 44.0 Å². The molecular weight excluding hydrogens is 824 g/mol. The molecule has 322 valence electrons. The summed E-state index contributed by atoms with van der Waals surface area (Å²) in [5.74, 6) is 1.09. The largest absolute Gasteiger partial charge is 0.456 e. The van der Waals surface area contributed by atoms with Crippen LogP contribution in [0.5, 0.6) is 11.5 Å². The minimum absolute atomic E-state index is 0.0408. The molecule has 1 aliphatic carbocycles. The lowest BCUT2D eigenvalue weighted by atomic mass is 9.72. The van der Waals surface area contributed by atoms with E-state index < -0.39 is 40.0 Å². The standard InChI is InChI=1S/C45H50ClF2N7O5S/c1-45(2)14-12-34(41(23-45)32-6-8-35(46)9-7-32)30-51-16-18-52(19-17-51)36-4-3-5-38(21-36)60-39-20-33-13-15-54(44(33)50-27-39)61(58,59)40-10-11-42(43(22-40)55(56)57)49-26-31-28-53(29-31)37(24-47)25-48/h3-11,13,15,20-22,27,31,37,49H,12,14,16-19,23-26,28-30H2,1-2H3. The Morgan fingerprint density at radius 2 is 1.74 bits per heavy atom. The summed E-state index contributed by atoms with van der Waals surface area (Å²) in [6, 6.07) is 22.4. The summed E-state index contributed by atoms with van der Waals surface area (Å²) in [7, 11) is -4.28. The van der Waals surface area contributed by atoms with Crippen molar-refractivity contribution in [3.63, 3.8) is 0 Å². The molecule has 5 aromatic rings. The van der Waals surface area contributed by atoms with Gasteiger partial charge in [-0.15, -0.1) is 0 Å². The first-order chi connectivity index (χ1) is 29.3. The van der Waals surface area contributed by atoms with Crippen LogP contribution in [0.15, 0.2) is 102 Å². The van der Waals surface area contributed by atoms with E-state index in [9.17, 15) is 27.3 Å². The van der Waals surface area contributed by atoms with Gasteiger partial charge in [0.1, 0.15) is 30.5 Å². The van der Waals surface area contributed by atoms with Crippen LogP contribution >= 0.6 is 11.6 Å². The molecule has 3 aliphatic rings. The maximum absolute atomic E-state index is 13.8. The molecule has 0 bridgehead atoms. The molecule has 2 aliphatic heterocycles. The summed E-state index contributed by atoms with van der Waals surface area (Å²) < 4.78 is 60.9. The van der Waals surface area contributed by atoms with Gasteiger partial charge in [0.05, 0.1) is 22.1 Å². The molecule has 16 heteroatoms. The fourth-order valence-corrected chi connectivity index (χ4v) is 10.1. The number of nitrogens with zero attached hydrogens (tertiary/aromatic N) is 6. The van der Waals surface area contributed by atoms with Crippen molar-refractivity contribution in [3.05, 3.63) is 118 Å². The van der Waals surface area contributed by atoms with Crippen molar-refractivity contribution >= 4 is 55.3 Å². The summed E-state index contributed by atoms with van der Waals surface area (Å²) >= 11 is 6.22. The van der Waals surface area contributed by atoms with Gasteiger partial charge in [0.15, 0.2) is 5.65 Å². The number of piperazine rings is 1. The van der Waals surface area contributed by atoms with Crippen molar-refractivity contribution in [2.75, 3.05) is 75.9 Å². The molecule has 3 aromatic carbocycles. The Kier molecular flexibility index (Phi) is 12.4. The van der Waals surface area contributed by atoms with Crippen LogP contribution in [0.2, 0.25) is 5.02 Å². The number of pyridine rings is 1. The van der Waals surface area contributed by atoms with Crippen molar-refractivity contribution in [3.8, 4) is 11.5 Å². The Morgan fingerprint density at radius 1 is 0.984 bits per heavy atom. The second kappa shape index (κ2) is 17.7. The minimum atomic E-state index is -4.28. The van der Waals surface area contributed by atoms with Gasteiger partial charge in [-0.2, -0.15) is 0 Å².